The van der Waals surface area contributed by atoms with Gasteiger partial charge in [0.15, 0.2) is 5.69 Å². The van der Waals surface area contributed by atoms with Crippen LogP contribution in [0.2, 0.25) is 0 Å². The van der Waals surface area contributed by atoms with Crippen LogP contribution in [0.25, 0.3) is 0 Å². The first-order chi connectivity index (χ1) is 7.83. The molecule has 0 bridgehead atoms. The first-order valence-electron chi connectivity index (χ1n) is 5.81. The van der Waals surface area contributed by atoms with E-state index in [1.54, 1.807) is 6.07 Å². The number of halogens is 1. The molecule has 0 spiro atoms. The third kappa shape index (κ3) is 2.79. The van der Waals surface area contributed by atoms with Crippen LogP contribution in [0.4, 0.5) is 0 Å². The molecular weight excluding hydrogens is 242 g/mol. The van der Waals surface area contributed by atoms with Crippen LogP contribution in [0.3, 0.4) is 0 Å². The first-order valence-corrected chi connectivity index (χ1v) is 5.81. The van der Waals surface area contributed by atoms with Crippen LogP contribution >= 0.6 is 12.4 Å². The quantitative estimate of drug-likeness (QED) is 0.850. The normalized spacial score (nSPS) is 23.2. The van der Waals surface area contributed by atoms with E-state index in [0.29, 0.717) is 11.6 Å². The van der Waals surface area contributed by atoms with Crippen molar-refractivity contribution in [2.45, 2.75) is 31.2 Å². The molecule has 94 valence electrons. The minimum Gasteiger partial charge on any atom is -0.360 e. The van der Waals surface area contributed by atoms with E-state index in [2.05, 4.69) is 15.8 Å². The van der Waals surface area contributed by atoms with Crippen molar-refractivity contribution in [3.63, 3.8) is 0 Å². The maximum Gasteiger partial charge on any atom is 0.273 e. The highest BCUT2D eigenvalue weighted by Crippen LogP contribution is 2.40. The molecule has 2 heterocycles. The number of nitrogens with zero attached hydrogens (tertiary/aromatic N) is 1. The summed E-state index contributed by atoms with van der Waals surface area (Å²) in [6.07, 6.45) is 3.30. The lowest BCUT2D eigenvalue weighted by atomic mass is 10.2. The molecule has 1 aliphatic carbocycles. The molecule has 1 amide bonds. The Bertz CT molecular complexity index is 397. The van der Waals surface area contributed by atoms with Gasteiger partial charge in [-0.25, -0.2) is 0 Å². The van der Waals surface area contributed by atoms with Crippen molar-refractivity contribution in [2.24, 2.45) is 0 Å². The van der Waals surface area contributed by atoms with Crippen LogP contribution in [-0.2, 0) is 0 Å². The molecule has 1 unspecified atom stereocenters. The summed E-state index contributed by atoms with van der Waals surface area (Å²) in [5.74, 6) is 1.24. The van der Waals surface area contributed by atoms with E-state index < -0.39 is 0 Å². The Hall–Kier alpha value is -1.07. The van der Waals surface area contributed by atoms with Crippen LogP contribution in [0.1, 0.15) is 41.4 Å². The van der Waals surface area contributed by atoms with E-state index in [0.717, 1.165) is 38.1 Å². The van der Waals surface area contributed by atoms with Gasteiger partial charge in [-0.1, -0.05) is 5.16 Å². The first kappa shape index (κ1) is 12.4. The smallest absolute Gasteiger partial charge is 0.273 e. The van der Waals surface area contributed by atoms with Crippen molar-refractivity contribution >= 4 is 18.3 Å². The zero-order chi connectivity index (χ0) is 11.0. The second kappa shape index (κ2) is 5.06. The Balaban J connectivity index is 0.00000108. The van der Waals surface area contributed by atoms with Crippen LogP contribution < -0.4 is 10.6 Å². The molecule has 1 aliphatic heterocycles. The van der Waals surface area contributed by atoms with Gasteiger partial charge in [0.25, 0.3) is 5.91 Å². The second-order valence-corrected chi connectivity index (χ2v) is 4.55. The molecular formula is C11H16ClN3O2. The van der Waals surface area contributed by atoms with Gasteiger partial charge in [0.1, 0.15) is 5.76 Å². The predicted octanol–water partition coefficient (Wildman–Crippen LogP) is 1.07. The third-order valence-corrected chi connectivity index (χ3v) is 3.14. The molecule has 1 saturated heterocycles. The molecule has 2 N–H and O–H groups in total. The standard InChI is InChI=1S/C11H15N3O2.ClH/c15-11(13-8-3-4-12-6-8)9-5-10(16-14-9)7-1-2-7;/h5,7-8,12H,1-4,6H2,(H,13,15);1H. The zero-order valence-corrected chi connectivity index (χ0v) is 10.3. The Kier molecular flexibility index (Phi) is 3.69. The summed E-state index contributed by atoms with van der Waals surface area (Å²) >= 11 is 0. The molecule has 2 fully saturated rings. The molecule has 0 radical (unpaired) electrons. The fourth-order valence-electron chi connectivity index (χ4n) is 1.99. The van der Waals surface area contributed by atoms with E-state index in [-0.39, 0.29) is 24.4 Å². The lowest BCUT2D eigenvalue weighted by molar-refractivity contribution is 0.0931. The number of carbonyl (C=O) groups is 1. The van der Waals surface area contributed by atoms with Gasteiger partial charge in [0.2, 0.25) is 0 Å². The SMILES string of the molecule is Cl.O=C(NC1CCNC1)c1cc(C2CC2)on1. The largest absolute Gasteiger partial charge is 0.360 e. The summed E-state index contributed by atoms with van der Waals surface area (Å²) in [6.45, 7) is 1.82. The molecule has 1 atom stereocenters. The highest BCUT2D eigenvalue weighted by molar-refractivity contribution is 5.92. The van der Waals surface area contributed by atoms with Crippen molar-refractivity contribution < 1.29 is 9.32 Å². The molecule has 1 saturated carbocycles. The maximum absolute atomic E-state index is 11.8. The molecule has 2 aliphatic rings. The van der Waals surface area contributed by atoms with Crippen molar-refractivity contribution in [1.82, 2.24) is 15.8 Å². The highest BCUT2D eigenvalue weighted by atomic mass is 35.5. The maximum atomic E-state index is 11.8. The molecule has 3 rings (SSSR count). The van der Waals surface area contributed by atoms with Gasteiger partial charge in [0.05, 0.1) is 0 Å². The predicted molar refractivity (Wildman–Crippen MR) is 64.5 cm³/mol. The molecule has 1 aromatic rings. The Morgan fingerprint density at radius 1 is 1.47 bits per heavy atom. The van der Waals surface area contributed by atoms with E-state index >= 15 is 0 Å². The summed E-state index contributed by atoms with van der Waals surface area (Å²) in [6, 6.07) is 2.00. The van der Waals surface area contributed by atoms with Crippen molar-refractivity contribution in [2.75, 3.05) is 13.1 Å². The van der Waals surface area contributed by atoms with E-state index in [1.165, 1.54) is 0 Å². The zero-order valence-electron chi connectivity index (χ0n) is 9.44. The number of aromatic nitrogens is 1. The van der Waals surface area contributed by atoms with Crippen LogP contribution in [0.15, 0.2) is 10.6 Å². The molecule has 6 heteroatoms. The lowest BCUT2D eigenvalue weighted by Gasteiger charge is -2.08. The average Bonchev–Trinajstić information content (AvgIpc) is 2.82. The van der Waals surface area contributed by atoms with Gasteiger partial charge >= 0.3 is 0 Å². The third-order valence-electron chi connectivity index (χ3n) is 3.14. The summed E-state index contributed by atoms with van der Waals surface area (Å²) in [5.41, 5.74) is 0.411. The summed E-state index contributed by atoms with van der Waals surface area (Å²) in [4.78, 5) is 11.8. The second-order valence-electron chi connectivity index (χ2n) is 4.55. The Labute approximate surface area is 106 Å². The van der Waals surface area contributed by atoms with Gasteiger partial charge in [-0.2, -0.15) is 0 Å². The van der Waals surface area contributed by atoms with Crippen molar-refractivity contribution in [3.8, 4) is 0 Å². The Morgan fingerprint density at radius 3 is 2.94 bits per heavy atom. The summed E-state index contributed by atoms with van der Waals surface area (Å²) < 4.78 is 5.15. The average molecular weight is 258 g/mol. The molecule has 17 heavy (non-hydrogen) atoms. The van der Waals surface area contributed by atoms with Crippen LogP contribution in [0.5, 0.6) is 0 Å². The molecule has 0 aromatic carbocycles. The Morgan fingerprint density at radius 2 is 2.29 bits per heavy atom. The van der Waals surface area contributed by atoms with Crippen molar-refractivity contribution in [1.29, 1.82) is 0 Å². The number of nitrogens with one attached hydrogen (secondary N) is 2. The topological polar surface area (TPSA) is 67.2 Å². The summed E-state index contributed by atoms with van der Waals surface area (Å²) in [5, 5.41) is 9.96. The fourth-order valence-corrected chi connectivity index (χ4v) is 1.99. The van der Waals surface area contributed by atoms with Gasteiger partial charge < -0.3 is 15.2 Å². The molecule has 5 nitrogen and oxygen atoms in total. The number of hydrogen-bond donors (Lipinski definition) is 2. The van der Waals surface area contributed by atoms with Crippen molar-refractivity contribution in [3.05, 3.63) is 17.5 Å². The fraction of sp³-hybridized carbons (Fsp3) is 0.636. The number of carbonyl (C=O) groups excluding carboxylic acids is 1. The van der Waals surface area contributed by atoms with Gasteiger partial charge in [-0.05, 0) is 25.8 Å². The van der Waals surface area contributed by atoms with Gasteiger partial charge in [-0.3, -0.25) is 4.79 Å². The number of rotatable bonds is 3. The van der Waals surface area contributed by atoms with E-state index in [9.17, 15) is 4.79 Å². The number of hydrogen-bond acceptors (Lipinski definition) is 4. The van der Waals surface area contributed by atoms with Gasteiger partial charge in [0, 0.05) is 24.6 Å². The minimum absolute atomic E-state index is 0. The number of amides is 1. The monoisotopic (exact) mass is 257 g/mol. The summed E-state index contributed by atoms with van der Waals surface area (Å²) in [7, 11) is 0. The lowest BCUT2D eigenvalue weighted by Crippen LogP contribution is -2.36. The van der Waals surface area contributed by atoms with E-state index in [1.807, 2.05) is 0 Å². The highest BCUT2D eigenvalue weighted by Gasteiger charge is 2.29. The van der Waals surface area contributed by atoms with Crippen LogP contribution in [0, 0.1) is 0 Å². The van der Waals surface area contributed by atoms with E-state index in [4.69, 9.17) is 4.52 Å². The minimum atomic E-state index is -0.121. The van der Waals surface area contributed by atoms with Gasteiger partial charge in [-0.15, -0.1) is 12.4 Å². The van der Waals surface area contributed by atoms with Crippen LogP contribution in [-0.4, -0.2) is 30.2 Å². The molecule has 1 aromatic heterocycles.